The van der Waals surface area contributed by atoms with Gasteiger partial charge in [0.1, 0.15) is 5.82 Å². The fourth-order valence-electron chi connectivity index (χ4n) is 2.59. The number of hydrogen-bond donors (Lipinski definition) is 3. The van der Waals surface area contributed by atoms with Gasteiger partial charge in [-0.25, -0.2) is 4.98 Å². The van der Waals surface area contributed by atoms with Crippen molar-refractivity contribution in [1.82, 2.24) is 20.3 Å². The molecule has 0 fully saturated rings. The van der Waals surface area contributed by atoms with Gasteiger partial charge >= 0.3 is 6.18 Å². The second-order valence-corrected chi connectivity index (χ2v) is 6.17. The largest absolute Gasteiger partial charge is 0.416 e. The zero-order chi connectivity index (χ0) is 20.0. The molecule has 0 aliphatic heterocycles. The Hall–Kier alpha value is -2.94. The molecule has 3 N–H and O–H groups in total. The SMILES string of the molecule is CCCNCCNc1nc(Nc2ccc(C(F)(F)F)cc2)c2cnccc2n1. The molecule has 148 valence electrons. The van der Waals surface area contributed by atoms with Gasteiger partial charge in [0.15, 0.2) is 0 Å². The topological polar surface area (TPSA) is 74.8 Å². The molecule has 0 atom stereocenters. The smallest absolute Gasteiger partial charge is 0.353 e. The van der Waals surface area contributed by atoms with Crippen LogP contribution in [0.5, 0.6) is 0 Å². The number of benzene rings is 1. The zero-order valence-electron chi connectivity index (χ0n) is 15.3. The van der Waals surface area contributed by atoms with Crippen molar-refractivity contribution in [3.8, 4) is 0 Å². The Balaban J connectivity index is 1.80. The molecular weight excluding hydrogens is 369 g/mol. The molecule has 9 heteroatoms. The molecule has 28 heavy (non-hydrogen) atoms. The molecule has 6 nitrogen and oxygen atoms in total. The van der Waals surface area contributed by atoms with Crippen LogP contribution in [0.3, 0.4) is 0 Å². The van der Waals surface area contributed by atoms with E-state index < -0.39 is 11.7 Å². The van der Waals surface area contributed by atoms with Gasteiger partial charge < -0.3 is 16.0 Å². The molecule has 0 amide bonds. The van der Waals surface area contributed by atoms with Gasteiger partial charge in [0, 0.05) is 31.2 Å². The van der Waals surface area contributed by atoms with Crippen LogP contribution in [0.2, 0.25) is 0 Å². The molecule has 0 bridgehead atoms. The van der Waals surface area contributed by atoms with Crippen LogP contribution in [-0.4, -0.2) is 34.6 Å². The van der Waals surface area contributed by atoms with E-state index in [-0.39, 0.29) is 0 Å². The summed E-state index contributed by atoms with van der Waals surface area (Å²) in [5.41, 5.74) is 0.477. The fraction of sp³-hybridized carbons (Fsp3) is 0.316. The van der Waals surface area contributed by atoms with E-state index in [4.69, 9.17) is 0 Å². The highest BCUT2D eigenvalue weighted by Crippen LogP contribution is 2.31. The van der Waals surface area contributed by atoms with E-state index in [0.717, 1.165) is 31.6 Å². The van der Waals surface area contributed by atoms with Gasteiger partial charge in [0.25, 0.3) is 0 Å². The molecular formula is C19H21F3N6. The van der Waals surface area contributed by atoms with Gasteiger partial charge in [-0.2, -0.15) is 18.2 Å². The number of nitrogens with zero attached hydrogens (tertiary/aromatic N) is 3. The Morgan fingerprint density at radius 3 is 2.46 bits per heavy atom. The first-order chi connectivity index (χ1) is 13.5. The summed E-state index contributed by atoms with van der Waals surface area (Å²) in [6, 6.07) is 6.56. The second kappa shape index (κ2) is 8.83. The third-order valence-electron chi connectivity index (χ3n) is 3.98. The van der Waals surface area contributed by atoms with E-state index in [0.29, 0.717) is 34.9 Å². The first-order valence-electron chi connectivity index (χ1n) is 8.98. The molecule has 0 spiro atoms. The summed E-state index contributed by atoms with van der Waals surface area (Å²) in [6.07, 6.45) is -0.0637. The number of aromatic nitrogens is 3. The molecule has 0 saturated carbocycles. The average Bonchev–Trinajstić information content (AvgIpc) is 2.67. The molecule has 2 heterocycles. The van der Waals surface area contributed by atoms with Crippen molar-refractivity contribution in [1.29, 1.82) is 0 Å². The highest BCUT2D eigenvalue weighted by atomic mass is 19.4. The lowest BCUT2D eigenvalue weighted by atomic mass is 10.2. The third-order valence-corrected chi connectivity index (χ3v) is 3.98. The van der Waals surface area contributed by atoms with Crippen molar-refractivity contribution in [2.45, 2.75) is 19.5 Å². The standard InChI is InChI=1S/C19H21F3N6/c1-2-8-23-10-11-25-18-27-16-7-9-24-12-15(16)17(28-18)26-14-5-3-13(4-6-14)19(20,21)22/h3-7,9,12,23H,2,8,10-11H2,1H3,(H2,25,26,27,28). The van der Waals surface area contributed by atoms with Crippen molar-refractivity contribution >= 4 is 28.4 Å². The summed E-state index contributed by atoms with van der Waals surface area (Å²) >= 11 is 0. The monoisotopic (exact) mass is 390 g/mol. The normalized spacial score (nSPS) is 11.6. The predicted octanol–water partition coefficient (Wildman–Crippen LogP) is 4.20. The Labute approximate surface area is 160 Å². The molecule has 1 aromatic carbocycles. The van der Waals surface area contributed by atoms with Gasteiger partial charge in [-0.05, 0) is 43.3 Å². The lowest BCUT2D eigenvalue weighted by Crippen LogP contribution is -2.23. The van der Waals surface area contributed by atoms with E-state index in [2.05, 4.69) is 37.8 Å². The minimum atomic E-state index is -4.37. The maximum absolute atomic E-state index is 12.7. The number of halogens is 3. The summed E-state index contributed by atoms with van der Waals surface area (Å²) in [4.78, 5) is 13.0. The van der Waals surface area contributed by atoms with Crippen molar-refractivity contribution in [3.63, 3.8) is 0 Å². The van der Waals surface area contributed by atoms with Gasteiger partial charge in [-0.3, -0.25) is 4.98 Å². The molecule has 0 unspecified atom stereocenters. The van der Waals surface area contributed by atoms with Gasteiger partial charge in [-0.1, -0.05) is 6.92 Å². The lowest BCUT2D eigenvalue weighted by molar-refractivity contribution is -0.137. The van der Waals surface area contributed by atoms with Crippen LogP contribution in [0.1, 0.15) is 18.9 Å². The number of pyridine rings is 1. The number of fused-ring (bicyclic) bond motifs is 1. The Morgan fingerprint density at radius 1 is 0.964 bits per heavy atom. The van der Waals surface area contributed by atoms with Crippen LogP contribution in [0.4, 0.5) is 30.6 Å². The van der Waals surface area contributed by atoms with Crippen LogP contribution < -0.4 is 16.0 Å². The van der Waals surface area contributed by atoms with Crippen LogP contribution in [-0.2, 0) is 6.18 Å². The van der Waals surface area contributed by atoms with E-state index in [9.17, 15) is 13.2 Å². The summed E-state index contributed by atoms with van der Waals surface area (Å²) < 4.78 is 38.2. The Kier molecular flexibility index (Phi) is 6.25. The molecule has 2 aromatic heterocycles. The van der Waals surface area contributed by atoms with E-state index in [1.54, 1.807) is 18.5 Å². The van der Waals surface area contributed by atoms with Crippen LogP contribution in [0.15, 0.2) is 42.7 Å². The van der Waals surface area contributed by atoms with E-state index in [1.165, 1.54) is 12.1 Å². The summed E-state index contributed by atoms with van der Waals surface area (Å²) in [6.45, 7) is 4.45. The minimum absolute atomic E-state index is 0.436. The molecule has 0 saturated heterocycles. The number of nitrogens with one attached hydrogen (secondary N) is 3. The lowest BCUT2D eigenvalue weighted by Gasteiger charge is -2.13. The van der Waals surface area contributed by atoms with Crippen LogP contribution >= 0.6 is 0 Å². The van der Waals surface area contributed by atoms with Gasteiger partial charge in [-0.15, -0.1) is 0 Å². The molecule has 0 aliphatic carbocycles. The van der Waals surface area contributed by atoms with Crippen molar-refractivity contribution in [2.24, 2.45) is 0 Å². The molecule has 0 radical (unpaired) electrons. The molecule has 3 rings (SSSR count). The third kappa shape index (κ3) is 5.07. The van der Waals surface area contributed by atoms with Gasteiger partial charge in [0.2, 0.25) is 5.95 Å². The number of alkyl halides is 3. The maximum atomic E-state index is 12.7. The fourth-order valence-corrected chi connectivity index (χ4v) is 2.59. The Bertz CT molecular complexity index is 912. The summed E-state index contributed by atoms with van der Waals surface area (Å²) in [7, 11) is 0. The first kappa shape index (κ1) is 19.8. The maximum Gasteiger partial charge on any atom is 0.416 e. The van der Waals surface area contributed by atoms with E-state index in [1.807, 2.05) is 0 Å². The molecule has 3 aromatic rings. The van der Waals surface area contributed by atoms with Gasteiger partial charge in [0.05, 0.1) is 16.5 Å². The highest BCUT2D eigenvalue weighted by Gasteiger charge is 2.29. The zero-order valence-corrected chi connectivity index (χ0v) is 15.3. The first-order valence-corrected chi connectivity index (χ1v) is 8.98. The number of anilines is 3. The minimum Gasteiger partial charge on any atom is -0.353 e. The summed E-state index contributed by atoms with van der Waals surface area (Å²) in [5, 5.41) is 10.2. The van der Waals surface area contributed by atoms with Crippen LogP contribution in [0.25, 0.3) is 10.9 Å². The second-order valence-electron chi connectivity index (χ2n) is 6.17. The average molecular weight is 390 g/mol. The highest BCUT2D eigenvalue weighted by molar-refractivity contribution is 5.90. The summed E-state index contributed by atoms with van der Waals surface area (Å²) in [5.74, 6) is 0.910. The number of hydrogen-bond acceptors (Lipinski definition) is 6. The predicted molar refractivity (Wildman–Crippen MR) is 104 cm³/mol. The quantitative estimate of drug-likeness (QED) is 0.501. The number of rotatable bonds is 8. The molecule has 0 aliphatic rings. The van der Waals surface area contributed by atoms with E-state index >= 15 is 0 Å². The van der Waals surface area contributed by atoms with Crippen molar-refractivity contribution in [3.05, 3.63) is 48.3 Å². The Morgan fingerprint density at radius 2 is 1.75 bits per heavy atom. The van der Waals surface area contributed by atoms with Crippen molar-refractivity contribution in [2.75, 3.05) is 30.3 Å². The van der Waals surface area contributed by atoms with Crippen LogP contribution in [0, 0.1) is 0 Å². The van der Waals surface area contributed by atoms with Crippen molar-refractivity contribution < 1.29 is 13.2 Å².